The second-order valence-electron chi connectivity index (χ2n) is 8.18. The number of nitrogens with one attached hydrogen (secondary N) is 1. The van der Waals surface area contributed by atoms with Crippen LogP contribution in [-0.2, 0) is 26.2 Å². The van der Waals surface area contributed by atoms with Gasteiger partial charge in [0.2, 0.25) is 11.8 Å². The van der Waals surface area contributed by atoms with Crippen molar-refractivity contribution in [2.24, 2.45) is 0 Å². The number of piperidine rings is 1. The molecule has 1 N–H and O–H groups in total. The quantitative estimate of drug-likeness (QED) is 0.642. The summed E-state index contributed by atoms with van der Waals surface area (Å²) in [7, 11) is -3.56. The number of nitrogens with zero attached hydrogens (tertiary/aromatic N) is 3. The molecule has 3 aliphatic heterocycles. The number of sulfonamides is 1. The monoisotopic (exact) mass is 492 g/mol. The van der Waals surface area contributed by atoms with Gasteiger partial charge in [-0.1, -0.05) is 6.07 Å². The van der Waals surface area contributed by atoms with Crippen molar-refractivity contribution in [1.29, 1.82) is 0 Å². The van der Waals surface area contributed by atoms with Gasteiger partial charge in [0.05, 0.1) is 5.69 Å². The van der Waals surface area contributed by atoms with Gasteiger partial charge in [-0.05, 0) is 35.6 Å². The minimum Gasteiger partial charge on any atom is -0.367 e. The van der Waals surface area contributed by atoms with Crippen LogP contribution in [0, 0.1) is 5.82 Å². The van der Waals surface area contributed by atoms with Crippen molar-refractivity contribution in [2.75, 3.05) is 31.1 Å². The fraction of sp³-hybridized carbons (Fsp3) is 0.381. The van der Waals surface area contributed by atoms with Gasteiger partial charge in [0.15, 0.2) is 0 Å². The van der Waals surface area contributed by atoms with Crippen LogP contribution >= 0.6 is 11.3 Å². The molecule has 9 nitrogen and oxygen atoms in total. The van der Waals surface area contributed by atoms with Crippen LogP contribution in [0.2, 0.25) is 0 Å². The topological polar surface area (TPSA) is 107 Å². The summed E-state index contributed by atoms with van der Waals surface area (Å²) in [6.45, 7) is 1.22. The number of piperazine rings is 1. The minimum absolute atomic E-state index is 0.148. The van der Waals surface area contributed by atoms with E-state index in [1.54, 1.807) is 28.5 Å². The molecule has 1 aromatic carbocycles. The minimum atomic E-state index is -3.56. The standard InChI is InChI=1S/C21H21FN4O5S2/c22-15-11-14-13(12-26(21(14)29)16-3-4-18(27)23-20(16)28)10-17(15)24-5-7-25(8-6-24)33(30,31)19-2-1-9-32-19/h1-2,9-11,16H,3-8,12H2,(H,23,27,28). The summed E-state index contributed by atoms with van der Waals surface area (Å²) in [5, 5.41) is 3.96. The summed E-state index contributed by atoms with van der Waals surface area (Å²) in [6, 6.07) is 5.29. The van der Waals surface area contributed by atoms with Crippen LogP contribution in [0.4, 0.5) is 10.1 Å². The molecule has 174 valence electrons. The third-order valence-corrected chi connectivity index (χ3v) is 9.53. The number of benzene rings is 1. The number of carbonyl (C=O) groups is 3. The lowest BCUT2D eigenvalue weighted by Gasteiger charge is -2.35. The highest BCUT2D eigenvalue weighted by molar-refractivity contribution is 7.91. The zero-order valence-corrected chi connectivity index (χ0v) is 19.1. The third-order valence-electron chi connectivity index (χ3n) is 6.26. The molecule has 0 spiro atoms. The molecule has 0 bridgehead atoms. The Bertz CT molecular complexity index is 1240. The van der Waals surface area contributed by atoms with Crippen LogP contribution in [0.3, 0.4) is 0 Å². The molecule has 0 radical (unpaired) electrons. The molecule has 0 aliphatic carbocycles. The van der Waals surface area contributed by atoms with Crippen LogP contribution in [0.1, 0.15) is 28.8 Å². The van der Waals surface area contributed by atoms with Crippen molar-refractivity contribution in [3.8, 4) is 0 Å². The summed E-state index contributed by atoms with van der Waals surface area (Å²) in [5.41, 5.74) is 1.12. The van der Waals surface area contributed by atoms with Gasteiger partial charge < -0.3 is 9.80 Å². The first-order chi connectivity index (χ1) is 15.8. The first kappa shape index (κ1) is 22.0. The van der Waals surface area contributed by atoms with E-state index in [4.69, 9.17) is 0 Å². The predicted octanol–water partition coefficient (Wildman–Crippen LogP) is 1.16. The molecule has 2 aromatic rings. The molecule has 12 heteroatoms. The first-order valence-corrected chi connectivity index (χ1v) is 12.8. The van der Waals surface area contributed by atoms with Crippen LogP contribution in [0.15, 0.2) is 33.9 Å². The van der Waals surface area contributed by atoms with Crippen molar-refractivity contribution in [1.82, 2.24) is 14.5 Å². The third kappa shape index (κ3) is 3.81. The molecular formula is C21H21FN4O5S2. The largest absolute Gasteiger partial charge is 0.367 e. The van der Waals surface area contributed by atoms with E-state index >= 15 is 0 Å². The van der Waals surface area contributed by atoms with Crippen molar-refractivity contribution < 1.29 is 27.2 Å². The van der Waals surface area contributed by atoms with Gasteiger partial charge in [-0.25, -0.2) is 12.8 Å². The molecule has 2 fully saturated rings. The van der Waals surface area contributed by atoms with Gasteiger partial charge in [-0.15, -0.1) is 11.3 Å². The molecule has 33 heavy (non-hydrogen) atoms. The number of rotatable bonds is 4. The van der Waals surface area contributed by atoms with E-state index in [1.165, 1.54) is 15.3 Å². The number of thiophene rings is 1. The summed E-state index contributed by atoms with van der Waals surface area (Å²) >= 11 is 1.16. The predicted molar refractivity (Wildman–Crippen MR) is 118 cm³/mol. The molecule has 4 heterocycles. The zero-order chi connectivity index (χ0) is 23.3. The number of fused-ring (bicyclic) bond motifs is 1. The maximum atomic E-state index is 15.0. The Hall–Kier alpha value is -2.83. The fourth-order valence-corrected chi connectivity index (χ4v) is 7.09. The second-order valence-corrected chi connectivity index (χ2v) is 11.3. The lowest BCUT2D eigenvalue weighted by molar-refractivity contribution is -0.136. The molecule has 1 unspecified atom stereocenters. The van der Waals surface area contributed by atoms with Crippen molar-refractivity contribution in [3.63, 3.8) is 0 Å². The van der Waals surface area contributed by atoms with Gasteiger partial charge in [-0.2, -0.15) is 4.31 Å². The highest BCUT2D eigenvalue weighted by Crippen LogP contribution is 2.33. The molecule has 2 saturated heterocycles. The van der Waals surface area contributed by atoms with E-state index in [9.17, 15) is 27.2 Å². The van der Waals surface area contributed by atoms with E-state index < -0.39 is 33.7 Å². The van der Waals surface area contributed by atoms with Crippen molar-refractivity contribution in [3.05, 3.63) is 46.6 Å². The van der Waals surface area contributed by atoms with Gasteiger partial charge in [0.1, 0.15) is 16.1 Å². The van der Waals surface area contributed by atoms with Crippen LogP contribution in [-0.4, -0.2) is 67.6 Å². The number of hydrogen-bond donors (Lipinski definition) is 1. The number of hydrogen-bond acceptors (Lipinski definition) is 7. The molecule has 3 aliphatic rings. The number of anilines is 1. The van der Waals surface area contributed by atoms with Crippen molar-refractivity contribution >= 4 is 44.8 Å². The maximum Gasteiger partial charge on any atom is 0.255 e. The molecule has 0 saturated carbocycles. The van der Waals surface area contributed by atoms with Crippen LogP contribution < -0.4 is 10.2 Å². The summed E-state index contributed by atoms with van der Waals surface area (Å²) in [5.74, 6) is -1.89. The lowest BCUT2D eigenvalue weighted by Crippen LogP contribution is -2.52. The summed E-state index contributed by atoms with van der Waals surface area (Å²) in [6.07, 6.45) is 0.384. The van der Waals surface area contributed by atoms with E-state index in [0.717, 1.165) is 11.3 Å². The molecule has 3 amide bonds. The second kappa shape index (κ2) is 8.19. The Kier molecular flexibility index (Phi) is 5.46. The van der Waals surface area contributed by atoms with E-state index in [0.29, 0.717) is 24.3 Å². The maximum absolute atomic E-state index is 15.0. The number of amides is 3. The highest BCUT2D eigenvalue weighted by atomic mass is 32.2. The highest BCUT2D eigenvalue weighted by Gasteiger charge is 2.40. The van der Waals surface area contributed by atoms with Gasteiger partial charge in [0, 0.05) is 44.7 Å². The molecule has 5 rings (SSSR count). The summed E-state index contributed by atoms with van der Waals surface area (Å²) < 4.78 is 42.1. The average molecular weight is 493 g/mol. The van der Waals surface area contributed by atoms with Gasteiger partial charge in [0.25, 0.3) is 15.9 Å². The molecule has 1 aromatic heterocycles. The van der Waals surface area contributed by atoms with Crippen molar-refractivity contribution in [2.45, 2.75) is 29.6 Å². The Morgan fingerprint density at radius 2 is 1.85 bits per heavy atom. The molecule has 1 atom stereocenters. The fourth-order valence-electron chi connectivity index (χ4n) is 4.53. The smallest absolute Gasteiger partial charge is 0.255 e. The summed E-state index contributed by atoms with van der Waals surface area (Å²) in [4.78, 5) is 39.6. The van der Waals surface area contributed by atoms with E-state index in [2.05, 4.69) is 5.32 Å². The Morgan fingerprint density at radius 3 is 2.52 bits per heavy atom. The lowest BCUT2D eigenvalue weighted by atomic mass is 10.0. The Balaban J connectivity index is 1.32. The number of halogens is 1. The SMILES string of the molecule is O=C1CCC(N2Cc3cc(N4CCN(S(=O)(=O)c5cccs5)CC4)c(F)cc3C2=O)C(=O)N1. The Morgan fingerprint density at radius 1 is 1.09 bits per heavy atom. The van der Waals surface area contributed by atoms with Gasteiger partial charge >= 0.3 is 0 Å². The van der Waals surface area contributed by atoms with E-state index in [1.807, 2.05) is 0 Å². The van der Waals surface area contributed by atoms with Crippen LogP contribution in [0.5, 0.6) is 0 Å². The normalized spacial score (nSPS) is 22.0. The van der Waals surface area contributed by atoms with Gasteiger partial charge in [-0.3, -0.25) is 19.7 Å². The number of carbonyl (C=O) groups excluding carboxylic acids is 3. The molecular weight excluding hydrogens is 471 g/mol. The van der Waals surface area contributed by atoms with E-state index in [-0.39, 0.29) is 48.2 Å². The van der Waals surface area contributed by atoms with Crippen LogP contribution in [0.25, 0.3) is 0 Å². The zero-order valence-electron chi connectivity index (χ0n) is 17.5. The number of imide groups is 1. The first-order valence-electron chi connectivity index (χ1n) is 10.5. The Labute approximate surface area is 193 Å². The average Bonchev–Trinajstić information content (AvgIpc) is 3.43.